The summed E-state index contributed by atoms with van der Waals surface area (Å²) in [6.45, 7) is 9.66. The van der Waals surface area contributed by atoms with Gasteiger partial charge < -0.3 is 9.47 Å². The maximum atomic E-state index is 13.0. The Kier molecular flexibility index (Phi) is 6.06. The van der Waals surface area contributed by atoms with Crippen LogP contribution in [0.1, 0.15) is 20.3 Å². The maximum absolute atomic E-state index is 13.0. The fourth-order valence-corrected chi connectivity index (χ4v) is 4.73. The van der Waals surface area contributed by atoms with Gasteiger partial charge >= 0.3 is 0 Å². The van der Waals surface area contributed by atoms with Gasteiger partial charge in [-0.2, -0.15) is 5.10 Å². The summed E-state index contributed by atoms with van der Waals surface area (Å²) in [5, 5.41) is 5.52. The van der Waals surface area contributed by atoms with Crippen LogP contribution in [0, 0.1) is 4.77 Å². The zero-order valence-electron chi connectivity index (χ0n) is 16.9. The second-order valence-electron chi connectivity index (χ2n) is 7.49. The van der Waals surface area contributed by atoms with Gasteiger partial charge in [-0.15, -0.1) is 0 Å². The van der Waals surface area contributed by atoms with E-state index in [1.807, 2.05) is 45.3 Å². The van der Waals surface area contributed by atoms with E-state index in [0.717, 1.165) is 57.1 Å². The van der Waals surface area contributed by atoms with Crippen molar-refractivity contribution in [2.75, 3.05) is 32.7 Å². The highest BCUT2D eigenvalue weighted by Crippen LogP contribution is 2.24. The molecule has 0 bridgehead atoms. The monoisotopic (exact) mass is 434 g/mol. The average molecular weight is 435 g/mol. The molecule has 0 aliphatic carbocycles. The molecule has 7 nitrogen and oxygen atoms in total. The number of aromatic nitrogens is 3. The molecule has 29 heavy (non-hydrogen) atoms. The van der Waals surface area contributed by atoms with Crippen molar-refractivity contribution < 1.29 is 4.79 Å². The van der Waals surface area contributed by atoms with E-state index < -0.39 is 0 Å². The maximum Gasteiger partial charge on any atom is 0.255 e. The first-order chi connectivity index (χ1) is 14.0. The summed E-state index contributed by atoms with van der Waals surface area (Å²) in [5.74, 6) is 1.02. The normalized spacial score (nSPS) is 20.9. The quantitative estimate of drug-likeness (QED) is 0.677. The molecule has 0 radical (unpaired) electrons. The lowest BCUT2D eigenvalue weighted by Gasteiger charge is -2.48. The minimum Gasteiger partial charge on any atom is -0.339 e. The van der Waals surface area contributed by atoms with Crippen LogP contribution in [0.5, 0.6) is 0 Å². The van der Waals surface area contributed by atoms with E-state index in [-0.39, 0.29) is 12.1 Å². The molecule has 4 rings (SSSR count). The molecule has 0 unspecified atom stereocenters. The Morgan fingerprint density at radius 1 is 1.10 bits per heavy atom. The van der Waals surface area contributed by atoms with Crippen LogP contribution < -0.4 is 0 Å². The van der Waals surface area contributed by atoms with Gasteiger partial charge in [0.05, 0.1) is 6.67 Å². The van der Waals surface area contributed by atoms with E-state index in [9.17, 15) is 4.79 Å². The second kappa shape index (κ2) is 8.55. The highest BCUT2D eigenvalue weighted by molar-refractivity contribution is 7.71. The summed E-state index contributed by atoms with van der Waals surface area (Å²) in [5.41, 5.74) is 0.979. The molecule has 0 saturated carbocycles. The number of rotatable bonds is 5. The minimum absolute atomic E-state index is 0.192. The van der Waals surface area contributed by atoms with E-state index in [1.54, 1.807) is 0 Å². The van der Waals surface area contributed by atoms with Gasteiger partial charge in [0.1, 0.15) is 6.17 Å². The third-order valence-corrected chi connectivity index (χ3v) is 6.49. The number of nitrogens with zero attached hydrogens (tertiary/aromatic N) is 6. The molecule has 2 saturated heterocycles. The molecular weight excluding hydrogens is 408 g/mol. The summed E-state index contributed by atoms with van der Waals surface area (Å²) in [4.78, 5) is 19.5. The fraction of sp³-hybridized carbons (Fsp3) is 0.550. The predicted octanol–water partition coefficient (Wildman–Crippen LogP) is 2.91. The topological polar surface area (TPSA) is 49.5 Å². The first-order valence-corrected chi connectivity index (χ1v) is 11.0. The Balaban J connectivity index is 1.64. The van der Waals surface area contributed by atoms with Crippen LogP contribution in [0.15, 0.2) is 24.3 Å². The molecule has 2 aromatic rings. The molecule has 0 N–H and O–H groups in total. The standard InChI is InChI=1S/C20H27ClN6OS/c1-3-23-12-13-24-10-5-11-25(18(24)19(23)28)14-27-20(29)26(4-2)17(22-27)15-6-8-16(21)9-7-15/h6-9,18H,3-5,10-14H2,1-2H3/t18-/m0/s1. The van der Waals surface area contributed by atoms with Crippen LogP contribution >= 0.6 is 23.8 Å². The lowest BCUT2D eigenvalue weighted by molar-refractivity contribution is -0.156. The van der Waals surface area contributed by atoms with Gasteiger partial charge in [0, 0.05) is 49.9 Å². The van der Waals surface area contributed by atoms with E-state index in [4.69, 9.17) is 28.9 Å². The Hall–Kier alpha value is -1.74. The number of piperazine rings is 1. The minimum atomic E-state index is -0.217. The largest absolute Gasteiger partial charge is 0.339 e. The van der Waals surface area contributed by atoms with Crippen LogP contribution in [0.25, 0.3) is 11.4 Å². The van der Waals surface area contributed by atoms with Gasteiger partial charge in [-0.05, 0) is 56.8 Å². The number of carbonyl (C=O) groups excluding carboxylic acids is 1. The Morgan fingerprint density at radius 3 is 2.55 bits per heavy atom. The lowest BCUT2D eigenvalue weighted by Crippen LogP contribution is -2.66. The molecule has 1 aromatic heterocycles. The molecule has 3 heterocycles. The molecular formula is C20H27ClN6OS. The highest BCUT2D eigenvalue weighted by atomic mass is 35.5. The van der Waals surface area contributed by atoms with E-state index in [2.05, 4.69) is 16.7 Å². The molecule has 0 spiro atoms. The van der Waals surface area contributed by atoms with Crippen LogP contribution in [-0.4, -0.2) is 73.8 Å². The first kappa shape index (κ1) is 20.5. The van der Waals surface area contributed by atoms with E-state index >= 15 is 0 Å². The fourth-order valence-electron chi connectivity index (χ4n) is 4.29. The number of fused-ring (bicyclic) bond motifs is 1. The van der Waals surface area contributed by atoms with Gasteiger partial charge in [-0.3, -0.25) is 14.6 Å². The number of amides is 1. The van der Waals surface area contributed by atoms with Gasteiger partial charge in [0.2, 0.25) is 0 Å². The number of likely N-dealkylation sites (N-methyl/N-ethyl adjacent to an activating group) is 1. The number of halogens is 1. The zero-order chi connectivity index (χ0) is 20.5. The van der Waals surface area contributed by atoms with Crippen molar-refractivity contribution in [1.29, 1.82) is 0 Å². The molecule has 9 heteroatoms. The zero-order valence-corrected chi connectivity index (χ0v) is 18.5. The van der Waals surface area contributed by atoms with Gasteiger partial charge in [0.25, 0.3) is 5.91 Å². The SMILES string of the molecule is CCN1CCN2CCCN(Cn3nc(-c4ccc(Cl)cc4)n(CC)c3=S)[C@H]2C1=O. The average Bonchev–Trinajstić information content (AvgIpc) is 3.04. The number of benzene rings is 1. The Labute approximate surface area is 181 Å². The van der Waals surface area contributed by atoms with Crippen molar-refractivity contribution in [3.63, 3.8) is 0 Å². The first-order valence-electron chi connectivity index (χ1n) is 10.2. The summed E-state index contributed by atoms with van der Waals surface area (Å²) in [6.07, 6.45) is 0.826. The van der Waals surface area contributed by atoms with Crippen LogP contribution in [-0.2, 0) is 18.0 Å². The van der Waals surface area contributed by atoms with Crippen LogP contribution in [0.3, 0.4) is 0 Å². The summed E-state index contributed by atoms with van der Waals surface area (Å²) >= 11 is 11.8. The number of carbonyl (C=O) groups is 1. The molecule has 1 atom stereocenters. The summed E-state index contributed by atoms with van der Waals surface area (Å²) in [6, 6.07) is 7.65. The Bertz CT molecular complexity index is 939. The van der Waals surface area contributed by atoms with E-state index in [1.165, 1.54) is 0 Å². The second-order valence-corrected chi connectivity index (χ2v) is 8.29. The molecule has 156 valence electrons. The van der Waals surface area contributed by atoms with Crippen molar-refractivity contribution in [3.05, 3.63) is 34.1 Å². The molecule has 1 amide bonds. The molecule has 2 aliphatic rings. The van der Waals surface area contributed by atoms with Gasteiger partial charge in [0.15, 0.2) is 10.6 Å². The van der Waals surface area contributed by atoms with Crippen molar-refractivity contribution in [3.8, 4) is 11.4 Å². The third-order valence-electron chi connectivity index (χ3n) is 5.81. The predicted molar refractivity (Wildman–Crippen MR) is 116 cm³/mol. The third kappa shape index (κ3) is 3.86. The molecule has 2 aliphatic heterocycles. The van der Waals surface area contributed by atoms with Gasteiger partial charge in [-0.1, -0.05) is 11.6 Å². The summed E-state index contributed by atoms with van der Waals surface area (Å²) in [7, 11) is 0. The molecule has 1 aromatic carbocycles. The van der Waals surface area contributed by atoms with Crippen LogP contribution in [0.2, 0.25) is 5.02 Å². The Morgan fingerprint density at radius 2 is 1.86 bits per heavy atom. The van der Waals surface area contributed by atoms with E-state index in [0.29, 0.717) is 16.5 Å². The summed E-state index contributed by atoms with van der Waals surface area (Å²) < 4.78 is 4.55. The van der Waals surface area contributed by atoms with Crippen molar-refractivity contribution >= 4 is 29.7 Å². The number of hydrogen-bond acceptors (Lipinski definition) is 5. The lowest BCUT2D eigenvalue weighted by atomic mass is 10.1. The highest BCUT2D eigenvalue weighted by Gasteiger charge is 2.40. The molecule has 2 fully saturated rings. The van der Waals surface area contributed by atoms with Crippen molar-refractivity contribution in [2.24, 2.45) is 0 Å². The smallest absolute Gasteiger partial charge is 0.255 e. The number of hydrogen-bond donors (Lipinski definition) is 0. The van der Waals surface area contributed by atoms with Crippen molar-refractivity contribution in [2.45, 2.75) is 39.6 Å². The van der Waals surface area contributed by atoms with Crippen molar-refractivity contribution in [1.82, 2.24) is 29.0 Å². The van der Waals surface area contributed by atoms with Gasteiger partial charge in [-0.25, -0.2) is 4.68 Å². The van der Waals surface area contributed by atoms with Crippen LogP contribution in [0.4, 0.5) is 0 Å².